The third-order valence-electron chi connectivity index (χ3n) is 4.09. The maximum absolute atomic E-state index is 4.89. The molecule has 128 valence electrons. The molecule has 0 unspecified atom stereocenters. The van der Waals surface area contributed by atoms with Crippen molar-refractivity contribution >= 4 is 29.1 Å². The van der Waals surface area contributed by atoms with Crippen LogP contribution in [0, 0.1) is 6.92 Å². The van der Waals surface area contributed by atoms with Crippen LogP contribution in [-0.4, -0.2) is 21.3 Å². The first kappa shape index (κ1) is 18.3. The number of unbranched alkanes of at least 4 members (excludes halogenated alkanes) is 1. The molecule has 2 aromatic heterocycles. The van der Waals surface area contributed by atoms with Gasteiger partial charge in [-0.1, -0.05) is 43.7 Å². The molecule has 1 aromatic carbocycles. The number of fused-ring (bicyclic) bond motifs is 1. The lowest BCUT2D eigenvalue weighted by molar-refractivity contribution is 0.670. The van der Waals surface area contributed by atoms with Crippen LogP contribution in [0.1, 0.15) is 32.4 Å². The van der Waals surface area contributed by atoms with Crippen molar-refractivity contribution in [1.82, 2.24) is 14.8 Å². The predicted octanol–water partition coefficient (Wildman–Crippen LogP) is 5.06. The minimum atomic E-state index is 0. The number of pyridine rings is 1. The average molecular weight is 345 g/mol. The fraction of sp³-hybridized carbons (Fsp3) is 0.368. The fourth-order valence-electron chi connectivity index (χ4n) is 2.87. The van der Waals surface area contributed by atoms with Gasteiger partial charge in [-0.15, -0.1) is 12.4 Å². The van der Waals surface area contributed by atoms with E-state index in [1.807, 2.05) is 22.9 Å². The Balaban J connectivity index is 0.00000208. The van der Waals surface area contributed by atoms with Crippen molar-refractivity contribution in [2.24, 2.45) is 0 Å². The van der Waals surface area contributed by atoms with Crippen LogP contribution in [0.4, 0.5) is 5.69 Å². The van der Waals surface area contributed by atoms with Crippen molar-refractivity contribution in [3.05, 3.63) is 42.1 Å². The number of nitrogens with one attached hydrogen (secondary N) is 1. The number of anilines is 1. The molecule has 0 bridgehead atoms. The second kappa shape index (κ2) is 8.15. The molecule has 0 amide bonds. The second-order valence-electron chi connectivity index (χ2n) is 5.80. The van der Waals surface area contributed by atoms with E-state index in [4.69, 9.17) is 4.98 Å². The zero-order valence-electron chi connectivity index (χ0n) is 14.5. The topological polar surface area (TPSA) is 42.7 Å². The maximum Gasteiger partial charge on any atom is 0.160 e. The first-order chi connectivity index (χ1) is 11.2. The molecule has 3 rings (SSSR count). The first-order valence-electron chi connectivity index (χ1n) is 8.42. The Labute approximate surface area is 149 Å². The van der Waals surface area contributed by atoms with Crippen LogP contribution in [0.3, 0.4) is 0 Å². The highest BCUT2D eigenvalue weighted by Gasteiger charge is 2.15. The van der Waals surface area contributed by atoms with Crippen LogP contribution < -0.4 is 5.32 Å². The number of aromatic nitrogens is 3. The summed E-state index contributed by atoms with van der Waals surface area (Å²) in [6, 6.07) is 12.5. The Morgan fingerprint density at radius 1 is 1.12 bits per heavy atom. The summed E-state index contributed by atoms with van der Waals surface area (Å²) in [7, 11) is 0. The van der Waals surface area contributed by atoms with Crippen LogP contribution in [0.25, 0.3) is 22.3 Å². The maximum atomic E-state index is 4.89. The van der Waals surface area contributed by atoms with Gasteiger partial charge in [-0.3, -0.25) is 0 Å². The quantitative estimate of drug-likeness (QED) is 0.635. The van der Waals surface area contributed by atoms with Crippen molar-refractivity contribution in [1.29, 1.82) is 0 Å². The van der Waals surface area contributed by atoms with Gasteiger partial charge >= 0.3 is 0 Å². The van der Waals surface area contributed by atoms with Crippen LogP contribution in [0.15, 0.2) is 36.4 Å². The van der Waals surface area contributed by atoms with Crippen molar-refractivity contribution in [3.63, 3.8) is 0 Å². The largest absolute Gasteiger partial charge is 0.384 e. The van der Waals surface area contributed by atoms with Crippen molar-refractivity contribution in [2.75, 3.05) is 11.9 Å². The zero-order chi connectivity index (χ0) is 16.2. The van der Waals surface area contributed by atoms with Gasteiger partial charge in [0.1, 0.15) is 0 Å². The molecule has 0 saturated heterocycles. The lowest BCUT2D eigenvalue weighted by Crippen LogP contribution is -2.03. The normalized spacial score (nSPS) is 10.6. The number of nitrogens with zero attached hydrogens (tertiary/aromatic N) is 3. The van der Waals surface area contributed by atoms with Gasteiger partial charge in [0, 0.05) is 24.3 Å². The summed E-state index contributed by atoms with van der Waals surface area (Å²) in [6.45, 7) is 8.17. The Kier molecular flexibility index (Phi) is 6.21. The van der Waals surface area contributed by atoms with E-state index >= 15 is 0 Å². The van der Waals surface area contributed by atoms with E-state index in [1.54, 1.807) is 0 Å². The monoisotopic (exact) mass is 344 g/mol. The van der Waals surface area contributed by atoms with Crippen molar-refractivity contribution < 1.29 is 0 Å². The third-order valence-corrected chi connectivity index (χ3v) is 4.09. The fourth-order valence-corrected chi connectivity index (χ4v) is 2.87. The number of rotatable bonds is 6. The standard InChI is InChI=1S/C19H24N4.ClH/c1-4-6-12-20-17-13-16(15-10-8-7-9-11-15)21-19-18(17)14(3)22-23(19)5-2;/h7-11,13H,4-6,12H2,1-3H3,(H,20,21);1H. The van der Waals surface area contributed by atoms with E-state index in [1.165, 1.54) is 6.42 Å². The number of hydrogen-bond acceptors (Lipinski definition) is 3. The average Bonchev–Trinajstić information content (AvgIpc) is 2.92. The molecule has 0 aliphatic carbocycles. The molecular weight excluding hydrogens is 320 g/mol. The van der Waals surface area contributed by atoms with E-state index in [9.17, 15) is 0 Å². The molecular formula is C19H25ClN4. The van der Waals surface area contributed by atoms with Gasteiger partial charge in [0.05, 0.1) is 16.8 Å². The summed E-state index contributed by atoms with van der Waals surface area (Å²) < 4.78 is 1.99. The smallest absolute Gasteiger partial charge is 0.160 e. The highest BCUT2D eigenvalue weighted by Crippen LogP contribution is 2.30. The van der Waals surface area contributed by atoms with Crippen LogP contribution in [-0.2, 0) is 6.54 Å². The third kappa shape index (κ3) is 3.54. The Hall–Kier alpha value is -2.07. The van der Waals surface area contributed by atoms with Crippen LogP contribution in [0.2, 0.25) is 0 Å². The van der Waals surface area contributed by atoms with Gasteiger partial charge in [-0.05, 0) is 26.3 Å². The van der Waals surface area contributed by atoms with Gasteiger partial charge in [0.2, 0.25) is 0 Å². The highest BCUT2D eigenvalue weighted by molar-refractivity contribution is 5.94. The van der Waals surface area contributed by atoms with E-state index in [0.717, 1.165) is 53.2 Å². The summed E-state index contributed by atoms with van der Waals surface area (Å²) >= 11 is 0. The Bertz CT molecular complexity index is 796. The van der Waals surface area contributed by atoms with E-state index < -0.39 is 0 Å². The summed E-state index contributed by atoms with van der Waals surface area (Å²) in [6.07, 6.45) is 2.34. The molecule has 4 nitrogen and oxygen atoms in total. The molecule has 0 aliphatic rings. The Morgan fingerprint density at radius 3 is 2.54 bits per heavy atom. The van der Waals surface area contributed by atoms with Gasteiger partial charge in [-0.2, -0.15) is 5.10 Å². The lowest BCUT2D eigenvalue weighted by Gasteiger charge is -2.11. The highest BCUT2D eigenvalue weighted by atomic mass is 35.5. The van der Waals surface area contributed by atoms with Gasteiger partial charge < -0.3 is 5.32 Å². The molecule has 0 spiro atoms. The molecule has 0 aliphatic heterocycles. The zero-order valence-corrected chi connectivity index (χ0v) is 15.4. The molecule has 0 saturated carbocycles. The number of hydrogen-bond donors (Lipinski definition) is 1. The number of benzene rings is 1. The molecule has 24 heavy (non-hydrogen) atoms. The minimum Gasteiger partial charge on any atom is -0.384 e. The number of halogens is 1. The minimum absolute atomic E-state index is 0. The molecule has 0 atom stereocenters. The predicted molar refractivity (Wildman–Crippen MR) is 104 cm³/mol. The summed E-state index contributed by atoms with van der Waals surface area (Å²) in [5, 5.41) is 9.37. The molecule has 3 aromatic rings. The first-order valence-corrected chi connectivity index (χ1v) is 8.42. The molecule has 5 heteroatoms. The van der Waals surface area contributed by atoms with Crippen molar-refractivity contribution in [2.45, 2.75) is 40.2 Å². The summed E-state index contributed by atoms with van der Waals surface area (Å²) in [5.74, 6) is 0. The molecule has 0 radical (unpaired) electrons. The van der Waals surface area contributed by atoms with Gasteiger partial charge in [0.25, 0.3) is 0 Å². The van der Waals surface area contributed by atoms with E-state index in [0.29, 0.717) is 0 Å². The van der Waals surface area contributed by atoms with Gasteiger partial charge in [0.15, 0.2) is 5.65 Å². The summed E-state index contributed by atoms with van der Waals surface area (Å²) in [5.41, 5.74) is 5.26. The van der Waals surface area contributed by atoms with Crippen LogP contribution >= 0.6 is 12.4 Å². The molecule has 0 fully saturated rings. The Morgan fingerprint density at radius 2 is 1.88 bits per heavy atom. The van der Waals surface area contributed by atoms with Crippen LogP contribution in [0.5, 0.6) is 0 Å². The SMILES string of the molecule is CCCCNc1cc(-c2ccccc2)nc2c1c(C)nn2CC.Cl. The second-order valence-corrected chi connectivity index (χ2v) is 5.80. The van der Waals surface area contributed by atoms with E-state index in [-0.39, 0.29) is 12.4 Å². The van der Waals surface area contributed by atoms with Gasteiger partial charge in [-0.25, -0.2) is 9.67 Å². The van der Waals surface area contributed by atoms with Crippen molar-refractivity contribution in [3.8, 4) is 11.3 Å². The van der Waals surface area contributed by atoms with E-state index in [2.05, 4.69) is 49.4 Å². The molecule has 2 heterocycles. The summed E-state index contributed by atoms with van der Waals surface area (Å²) in [4.78, 5) is 4.89. The number of aryl methyl sites for hydroxylation is 2. The molecule has 1 N–H and O–H groups in total. The lowest BCUT2D eigenvalue weighted by atomic mass is 10.1.